The molecule has 1 fully saturated rings. The molecule has 10 nitrogen and oxygen atoms in total. The molecule has 0 saturated carbocycles. The summed E-state index contributed by atoms with van der Waals surface area (Å²) in [7, 11) is 0. The van der Waals surface area contributed by atoms with Gasteiger partial charge in [0.25, 0.3) is 5.91 Å². The van der Waals surface area contributed by atoms with E-state index >= 15 is 0 Å². The predicted octanol–water partition coefficient (Wildman–Crippen LogP) is 1.33. The number of carbonyl (C=O) groups excluding carboxylic acids is 2. The number of nitrogens with one attached hydrogen (secondary N) is 2. The Morgan fingerprint density at radius 3 is 2.72 bits per heavy atom. The van der Waals surface area contributed by atoms with Crippen LogP contribution in [0.2, 0.25) is 0 Å². The molecule has 1 saturated heterocycles. The van der Waals surface area contributed by atoms with E-state index in [0.717, 1.165) is 5.56 Å². The molecule has 1 aliphatic heterocycles. The van der Waals surface area contributed by atoms with Crippen LogP contribution in [-0.2, 0) is 11.3 Å². The lowest BCUT2D eigenvalue weighted by Crippen LogP contribution is -2.43. The molecule has 0 unspecified atom stereocenters. The Morgan fingerprint density at radius 1 is 1.28 bits per heavy atom. The molecule has 0 aromatic carbocycles. The van der Waals surface area contributed by atoms with Crippen LogP contribution in [-0.4, -0.2) is 55.1 Å². The van der Waals surface area contributed by atoms with Crippen LogP contribution < -0.4 is 5.32 Å². The van der Waals surface area contributed by atoms with E-state index < -0.39 is 0 Å². The van der Waals surface area contributed by atoms with Crippen molar-refractivity contribution in [2.75, 3.05) is 13.1 Å². The maximum atomic E-state index is 12.7. The van der Waals surface area contributed by atoms with Crippen molar-refractivity contribution in [3.8, 4) is 11.3 Å². The number of aryl methyl sites for hydroxylation is 1. The van der Waals surface area contributed by atoms with Gasteiger partial charge in [-0.3, -0.25) is 19.7 Å². The van der Waals surface area contributed by atoms with Gasteiger partial charge in [-0.1, -0.05) is 5.16 Å². The van der Waals surface area contributed by atoms with Crippen molar-refractivity contribution in [3.05, 3.63) is 48.0 Å². The maximum Gasteiger partial charge on any atom is 0.271 e. The fraction of sp³-hybridized carbons (Fsp3) is 0.368. The number of aromatic nitrogens is 5. The van der Waals surface area contributed by atoms with Crippen LogP contribution in [0.5, 0.6) is 0 Å². The third kappa shape index (κ3) is 4.31. The van der Waals surface area contributed by atoms with Crippen LogP contribution in [0.1, 0.15) is 35.0 Å². The Labute approximate surface area is 166 Å². The molecule has 4 heterocycles. The molecule has 0 radical (unpaired) electrons. The molecule has 0 aliphatic carbocycles. The molecular weight excluding hydrogens is 374 g/mol. The molecule has 0 bridgehead atoms. The van der Waals surface area contributed by atoms with E-state index in [9.17, 15) is 9.59 Å². The fourth-order valence-corrected chi connectivity index (χ4v) is 3.34. The second kappa shape index (κ2) is 8.21. The van der Waals surface area contributed by atoms with Crippen LogP contribution in [0.15, 0.2) is 35.1 Å². The molecule has 10 heteroatoms. The van der Waals surface area contributed by atoms with Crippen molar-refractivity contribution >= 4 is 11.8 Å². The highest BCUT2D eigenvalue weighted by Crippen LogP contribution is 2.21. The first-order valence-electron chi connectivity index (χ1n) is 9.42. The van der Waals surface area contributed by atoms with Gasteiger partial charge in [0.05, 0.1) is 12.2 Å². The van der Waals surface area contributed by atoms with Crippen molar-refractivity contribution in [3.63, 3.8) is 0 Å². The number of aromatic amines is 1. The normalized spacial score (nSPS) is 14.7. The second-order valence-corrected chi connectivity index (χ2v) is 6.92. The lowest BCUT2D eigenvalue weighted by molar-refractivity contribution is -0.126. The average Bonchev–Trinajstić information content (AvgIpc) is 3.41. The molecule has 150 valence electrons. The van der Waals surface area contributed by atoms with Crippen LogP contribution in [0.25, 0.3) is 11.3 Å². The number of rotatable bonds is 5. The molecule has 3 aromatic rings. The lowest BCUT2D eigenvalue weighted by atomic mass is 9.95. The van der Waals surface area contributed by atoms with Crippen molar-refractivity contribution in [2.45, 2.75) is 26.3 Å². The summed E-state index contributed by atoms with van der Waals surface area (Å²) in [4.78, 5) is 34.9. The minimum atomic E-state index is -0.138. The van der Waals surface area contributed by atoms with Crippen molar-refractivity contribution < 1.29 is 14.1 Å². The van der Waals surface area contributed by atoms with Crippen LogP contribution >= 0.6 is 0 Å². The second-order valence-electron chi connectivity index (χ2n) is 6.92. The minimum Gasteiger partial charge on any atom is -0.348 e. The zero-order chi connectivity index (χ0) is 20.2. The van der Waals surface area contributed by atoms with E-state index in [1.807, 2.05) is 12.1 Å². The molecule has 0 spiro atoms. The number of likely N-dealkylation sites (tertiary alicyclic amines) is 1. The third-order valence-corrected chi connectivity index (χ3v) is 4.93. The van der Waals surface area contributed by atoms with Crippen molar-refractivity contribution in [1.29, 1.82) is 0 Å². The molecule has 2 N–H and O–H groups in total. The summed E-state index contributed by atoms with van der Waals surface area (Å²) in [5.74, 6) is 0.612. The Morgan fingerprint density at radius 2 is 2.03 bits per heavy atom. The zero-order valence-corrected chi connectivity index (χ0v) is 16.0. The SMILES string of the molecule is Cc1nc(CNC(=O)C2CCN(C(=O)c3cc(-c4ccncc4)n[nH]3)CC2)no1. The van der Waals surface area contributed by atoms with Gasteiger partial charge in [0.15, 0.2) is 5.82 Å². The molecule has 1 aliphatic rings. The summed E-state index contributed by atoms with van der Waals surface area (Å²) in [6.07, 6.45) is 4.57. The Hall–Kier alpha value is -3.56. The molecule has 4 rings (SSSR count). The first-order chi connectivity index (χ1) is 14.1. The van der Waals surface area contributed by atoms with Gasteiger partial charge in [-0.05, 0) is 31.0 Å². The average molecular weight is 395 g/mol. The van der Waals surface area contributed by atoms with Crippen molar-refractivity contribution in [2.24, 2.45) is 5.92 Å². The van der Waals surface area contributed by atoms with E-state index in [1.54, 1.807) is 30.3 Å². The van der Waals surface area contributed by atoms with Gasteiger partial charge >= 0.3 is 0 Å². The fourth-order valence-electron chi connectivity index (χ4n) is 3.34. The standard InChI is InChI=1S/C19H21N7O3/c1-12-22-17(25-29-12)11-21-18(27)14-4-8-26(9-5-14)19(28)16-10-15(23-24-16)13-2-6-20-7-3-13/h2-3,6-7,10,14H,4-5,8-9,11H2,1H3,(H,21,27)(H,23,24). The van der Waals surface area contributed by atoms with E-state index in [0.29, 0.717) is 49.0 Å². The van der Waals surface area contributed by atoms with Gasteiger partial charge in [-0.15, -0.1) is 0 Å². The highest BCUT2D eigenvalue weighted by molar-refractivity contribution is 5.93. The van der Waals surface area contributed by atoms with Gasteiger partial charge < -0.3 is 14.7 Å². The molecular formula is C19H21N7O3. The zero-order valence-electron chi connectivity index (χ0n) is 16.0. The predicted molar refractivity (Wildman–Crippen MR) is 101 cm³/mol. The number of nitrogens with zero attached hydrogens (tertiary/aromatic N) is 5. The maximum absolute atomic E-state index is 12.7. The van der Waals surface area contributed by atoms with E-state index in [4.69, 9.17) is 4.52 Å². The van der Waals surface area contributed by atoms with Crippen molar-refractivity contribution in [1.82, 2.24) is 35.5 Å². The lowest BCUT2D eigenvalue weighted by Gasteiger charge is -2.30. The Bertz CT molecular complexity index is 990. The van der Waals surface area contributed by atoms with Crippen LogP contribution in [0, 0.1) is 12.8 Å². The summed E-state index contributed by atoms with van der Waals surface area (Å²) in [5.41, 5.74) is 2.02. The monoisotopic (exact) mass is 395 g/mol. The molecule has 29 heavy (non-hydrogen) atoms. The van der Waals surface area contributed by atoms with Gasteiger partial charge in [-0.2, -0.15) is 10.1 Å². The first kappa shape index (κ1) is 18.8. The van der Waals surface area contributed by atoms with Gasteiger partial charge in [0.1, 0.15) is 5.69 Å². The first-order valence-corrected chi connectivity index (χ1v) is 9.42. The quantitative estimate of drug-likeness (QED) is 0.666. The largest absolute Gasteiger partial charge is 0.348 e. The van der Waals surface area contributed by atoms with Gasteiger partial charge in [0.2, 0.25) is 11.8 Å². The summed E-state index contributed by atoms with van der Waals surface area (Å²) in [6.45, 7) is 2.97. The topological polar surface area (TPSA) is 130 Å². The Kier molecular flexibility index (Phi) is 5.32. The van der Waals surface area contributed by atoms with Gasteiger partial charge in [0, 0.05) is 43.9 Å². The minimum absolute atomic E-state index is 0.0546. The summed E-state index contributed by atoms with van der Waals surface area (Å²) in [6, 6.07) is 5.41. The number of amides is 2. The van der Waals surface area contributed by atoms with Gasteiger partial charge in [-0.25, -0.2) is 0 Å². The number of hydrogen-bond donors (Lipinski definition) is 2. The highest BCUT2D eigenvalue weighted by Gasteiger charge is 2.28. The summed E-state index contributed by atoms with van der Waals surface area (Å²) in [5, 5.41) is 13.6. The number of hydrogen-bond acceptors (Lipinski definition) is 7. The number of carbonyl (C=O) groups is 2. The number of H-pyrrole nitrogens is 1. The summed E-state index contributed by atoms with van der Waals surface area (Å²) >= 11 is 0. The van der Waals surface area contributed by atoms with E-state index in [1.165, 1.54) is 0 Å². The van der Waals surface area contributed by atoms with Crippen LogP contribution in [0.3, 0.4) is 0 Å². The van der Waals surface area contributed by atoms with E-state index in [2.05, 4.69) is 30.6 Å². The van der Waals surface area contributed by atoms with Crippen LogP contribution in [0.4, 0.5) is 0 Å². The summed E-state index contributed by atoms with van der Waals surface area (Å²) < 4.78 is 4.89. The smallest absolute Gasteiger partial charge is 0.271 e. The molecule has 2 amide bonds. The highest BCUT2D eigenvalue weighted by atomic mass is 16.5. The Balaban J connectivity index is 1.29. The molecule has 0 atom stereocenters. The number of piperidine rings is 1. The third-order valence-electron chi connectivity index (χ3n) is 4.93. The number of pyridine rings is 1. The van der Waals surface area contributed by atoms with E-state index in [-0.39, 0.29) is 24.3 Å². The molecule has 3 aromatic heterocycles.